The van der Waals surface area contributed by atoms with E-state index in [1.165, 1.54) is 0 Å². The van der Waals surface area contributed by atoms with Crippen molar-refractivity contribution in [2.45, 2.75) is 51.2 Å². The van der Waals surface area contributed by atoms with Crippen LogP contribution in [0, 0.1) is 5.92 Å². The molecule has 0 unspecified atom stereocenters. The highest BCUT2D eigenvalue weighted by molar-refractivity contribution is 5.75. The maximum Gasteiger partial charge on any atom is 0.312 e. The van der Waals surface area contributed by atoms with E-state index < -0.39 is 5.79 Å². The summed E-state index contributed by atoms with van der Waals surface area (Å²) in [6.45, 7) is 1.97. The second-order valence-corrected chi connectivity index (χ2v) is 4.30. The van der Waals surface area contributed by atoms with E-state index in [-0.39, 0.29) is 17.9 Å². The van der Waals surface area contributed by atoms with Crippen LogP contribution >= 0.6 is 0 Å². The smallest absolute Gasteiger partial charge is 0.312 e. The van der Waals surface area contributed by atoms with Gasteiger partial charge in [0.2, 0.25) is 0 Å². The number of esters is 2. The zero-order chi connectivity index (χ0) is 10.9. The van der Waals surface area contributed by atoms with Gasteiger partial charge in [0.05, 0.1) is 5.92 Å². The standard InChI is InChI=1S/C11H16O4/c1-2-8-5-7-11(15-10(8)13)6-3-4-9(12)14-11/h8H,2-7H2,1H3/t8-,11+/m1/s1. The molecule has 2 atom stereocenters. The zero-order valence-electron chi connectivity index (χ0n) is 8.95. The summed E-state index contributed by atoms with van der Waals surface area (Å²) in [5.41, 5.74) is 0. The predicted molar refractivity (Wildman–Crippen MR) is 51.8 cm³/mol. The van der Waals surface area contributed by atoms with Crippen LogP contribution in [0.5, 0.6) is 0 Å². The van der Waals surface area contributed by atoms with Crippen molar-refractivity contribution in [3.8, 4) is 0 Å². The molecule has 2 aliphatic rings. The zero-order valence-corrected chi connectivity index (χ0v) is 8.95. The lowest BCUT2D eigenvalue weighted by atomic mass is 9.90. The monoisotopic (exact) mass is 212 g/mol. The van der Waals surface area contributed by atoms with E-state index in [1.54, 1.807) is 0 Å². The molecule has 2 rings (SSSR count). The first-order valence-corrected chi connectivity index (χ1v) is 5.60. The SMILES string of the molecule is CC[C@@H]1CC[C@]2(CCCC(=O)O2)OC1=O. The molecule has 0 amide bonds. The number of carbonyl (C=O) groups excluding carboxylic acids is 2. The first kappa shape index (κ1) is 10.5. The molecule has 0 aromatic carbocycles. The Morgan fingerprint density at radius 2 is 2.13 bits per heavy atom. The number of carbonyl (C=O) groups is 2. The lowest BCUT2D eigenvalue weighted by molar-refractivity contribution is -0.255. The van der Waals surface area contributed by atoms with Crippen molar-refractivity contribution in [1.82, 2.24) is 0 Å². The van der Waals surface area contributed by atoms with Gasteiger partial charge in [-0.3, -0.25) is 9.59 Å². The van der Waals surface area contributed by atoms with Crippen molar-refractivity contribution in [2.75, 3.05) is 0 Å². The molecule has 4 heteroatoms. The van der Waals surface area contributed by atoms with E-state index in [2.05, 4.69) is 0 Å². The fourth-order valence-electron chi connectivity index (χ4n) is 2.26. The van der Waals surface area contributed by atoms with Crippen molar-refractivity contribution in [1.29, 1.82) is 0 Å². The van der Waals surface area contributed by atoms with E-state index in [4.69, 9.17) is 9.47 Å². The van der Waals surface area contributed by atoms with Crippen LogP contribution < -0.4 is 0 Å². The van der Waals surface area contributed by atoms with Crippen LogP contribution in [0.2, 0.25) is 0 Å². The first-order chi connectivity index (χ1) is 7.15. The molecular formula is C11H16O4. The maximum atomic E-state index is 11.6. The van der Waals surface area contributed by atoms with Gasteiger partial charge in [-0.1, -0.05) is 6.92 Å². The average molecular weight is 212 g/mol. The predicted octanol–water partition coefficient (Wildman–Crippen LogP) is 1.77. The molecule has 0 bridgehead atoms. The summed E-state index contributed by atoms with van der Waals surface area (Å²) in [7, 11) is 0. The molecule has 0 aliphatic carbocycles. The Hall–Kier alpha value is -1.06. The number of hydrogen-bond acceptors (Lipinski definition) is 4. The number of ether oxygens (including phenoxy) is 2. The van der Waals surface area contributed by atoms with Gasteiger partial charge in [-0.2, -0.15) is 0 Å². The van der Waals surface area contributed by atoms with Crippen LogP contribution in [0.1, 0.15) is 45.4 Å². The average Bonchev–Trinajstić information content (AvgIpc) is 2.17. The molecule has 0 radical (unpaired) electrons. The van der Waals surface area contributed by atoms with Crippen LogP contribution in [0.4, 0.5) is 0 Å². The molecule has 2 aliphatic heterocycles. The molecule has 15 heavy (non-hydrogen) atoms. The first-order valence-electron chi connectivity index (χ1n) is 5.60. The summed E-state index contributed by atoms with van der Waals surface area (Å²) in [6.07, 6.45) is 4.06. The number of rotatable bonds is 1. The summed E-state index contributed by atoms with van der Waals surface area (Å²) in [6, 6.07) is 0. The van der Waals surface area contributed by atoms with Crippen LogP contribution in [-0.2, 0) is 19.1 Å². The molecule has 1 spiro atoms. The van der Waals surface area contributed by atoms with Crippen molar-refractivity contribution in [3.05, 3.63) is 0 Å². The van der Waals surface area contributed by atoms with E-state index in [9.17, 15) is 9.59 Å². The Morgan fingerprint density at radius 1 is 1.33 bits per heavy atom. The van der Waals surface area contributed by atoms with Gasteiger partial charge in [-0.15, -0.1) is 0 Å². The Kier molecular flexibility index (Phi) is 2.67. The van der Waals surface area contributed by atoms with Crippen LogP contribution in [-0.4, -0.2) is 17.7 Å². The second-order valence-electron chi connectivity index (χ2n) is 4.30. The maximum absolute atomic E-state index is 11.6. The van der Waals surface area contributed by atoms with Crippen LogP contribution in [0.3, 0.4) is 0 Å². The molecule has 0 N–H and O–H groups in total. The molecule has 2 fully saturated rings. The lowest BCUT2D eigenvalue weighted by Crippen LogP contribution is -2.47. The summed E-state index contributed by atoms with van der Waals surface area (Å²) >= 11 is 0. The Morgan fingerprint density at radius 3 is 2.73 bits per heavy atom. The summed E-state index contributed by atoms with van der Waals surface area (Å²) < 4.78 is 10.5. The number of hydrogen-bond donors (Lipinski definition) is 0. The normalized spacial score (nSPS) is 36.2. The van der Waals surface area contributed by atoms with Gasteiger partial charge in [0.1, 0.15) is 0 Å². The van der Waals surface area contributed by atoms with Gasteiger partial charge >= 0.3 is 11.9 Å². The largest absolute Gasteiger partial charge is 0.422 e. The third-order valence-electron chi connectivity index (χ3n) is 3.22. The van der Waals surface area contributed by atoms with E-state index >= 15 is 0 Å². The molecule has 0 saturated carbocycles. The molecule has 2 saturated heterocycles. The van der Waals surface area contributed by atoms with Crippen molar-refractivity contribution in [2.24, 2.45) is 5.92 Å². The van der Waals surface area contributed by atoms with Gasteiger partial charge < -0.3 is 9.47 Å². The third-order valence-corrected chi connectivity index (χ3v) is 3.22. The highest BCUT2D eigenvalue weighted by atomic mass is 16.7. The molecule has 0 aromatic heterocycles. The topological polar surface area (TPSA) is 52.6 Å². The van der Waals surface area contributed by atoms with Crippen molar-refractivity contribution < 1.29 is 19.1 Å². The quantitative estimate of drug-likeness (QED) is 0.621. The summed E-state index contributed by atoms with van der Waals surface area (Å²) in [5.74, 6) is -1.39. The Balaban J connectivity index is 2.05. The van der Waals surface area contributed by atoms with Crippen molar-refractivity contribution >= 4 is 11.9 Å². The third kappa shape index (κ3) is 1.98. The van der Waals surface area contributed by atoms with E-state index in [0.717, 1.165) is 19.3 Å². The van der Waals surface area contributed by atoms with Gasteiger partial charge in [0, 0.05) is 19.3 Å². The Bertz CT molecular complexity index is 286. The fraction of sp³-hybridized carbons (Fsp3) is 0.818. The Labute approximate surface area is 88.9 Å². The summed E-state index contributed by atoms with van der Waals surface area (Å²) in [5, 5.41) is 0. The van der Waals surface area contributed by atoms with Gasteiger partial charge in [-0.05, 0) is 19.3 Å². The van der Waals surface area contributed by atoms with Gasteiger partial charge in [-0.25, -0.2) is 0 Å². The van der Waals surface area contributed by atoms with Crippen molar-refractivity contribution in [3.63, 3.8) is 0 Å². The molecule has 2 heterocycles. The molecule has 0 aromatic rings. The van der Waals surface area contributed by atoms with Crippen LogP contribution in [0.15, 0.2) is 0 Å². The highest BCUT2D eigenvalue weighted by Gasteiger charge is 2.46. The minimum absolute atomic E-state index is 0.0174. The molecule has 84 valence electrons. The van der Waals surface area contributed by atoms with Crippen LogP contribution in [0.25, 0.3) is 0 Å². The highest BCUT2D eigenvalue weighted by Crippen LogP contribution is 2.38. The fourth-order valence-corrected chi connectivity index (χ4v) is 2.26. The second kappa shape index (κ2) is 3.83. The molecular weight excluding hydrogens is 196 g/mol. The van der Waals surface area contributed by atoms with Gasteiger partial charge in [0.15, 0.2) is 0 Å². The van der Waals surface area contributed by atoms with E-state index in [1.807, 2.05) is 6.92 Å². The minimum Gasteiger partial charge on any atom is -0.422 e. The molecule has 4 nitrogen and oxygen atoms in total. The van der Waals surface area contributed by atoms with E-state index in [0.29, 0.717) is 19.3 Å². The lowest BCUT2D eigenvalue weighted by Gasteiger charge is -2.40. The van der Waals surface area contributed by atoms with Gasteiger partial charge in [0.25, 0.3) is 5.79 Å². The summed E-state index contributed by atoms with van der Waals surface area (Å²) in [4.78, 5) is 22.8. The minimum atomic E-state index is -0.919.